The number of benzene rings is 5. The van der Waals surface area contributed by atoms with Gasteiger partial charge in [0.25, 0.3) is 0 Å². The van der Waals surface area contributed by atoms with Crippen molar-refractivity contribution < 1.29 is 46.6 Å². The average Bonchev–Trinajstić information content (AvgIpc) is 3.68. The molecule has 48 heavy (non-hydrogen) atoms. The predicted octanol–water partition coefficient (Wildman–Crippen LogP) is 1.93. The van der Waals surface area contributed by atoms with Crippen LogP contribution < -0.4 is 39.0 Å². The number of hydrogen-bond donors (Lipinski definition) is 0. The van der Waals surface area contributed by atoms with Gasteiger partial charge in [0.15, 0.2) is 0 Å². The van der Waals surface area contributed by atoms with Crippen LogP contribution in [0.25, 0.3) is 33.2 Å². The molecule has 9 rings (SSSR count). The van der Waals surface area contributed by atoms with Crippen molar-refractivity contribution in [3.05, 3.63) is 156 Å². The Hall–Kier alpha value is -2.40. The number of rotatable bonds is 5. The Morgan fingerprint density at radius 1 is 0.500 bits per heavy atom. The van der Waals surface area contributed by atoms with E-state index in [0.29, 0.717) is 7.25 Å². The summed E-state index contributed by atoms with van der Waals surface area (Å²) in [7, 11) is 2.31. The van der Waals surface area contributed by atoms with Crippen molar-refractivity contribution in [2.45, 2.75) is 21.1 Å². The van der Waals surface area contributed by atoms with Gasteiger partial charge in [-0.25, -0.2) is 0 Å². The van der Waals surface area contributed by atoms with E-state index in [0.717, 1.165) is 14.6 Å². The van der Waals surface area contributed by atoms with Crippen molar-refractivity contribution in [2.75, 3.05) is 20.0 Å². The van der Waals surface area contributed by atoms with Gasteiger partial charge < -0.3 is 32.2 Å². The summed E-state index contributed by atoms with van der Waals surface area (Å²) in [6.45, 7) is 11.8. The fraction of sp³-hybridized carbons (Fsp3) is 0.167. The van der Waals surface area contributed by atoms with Crippen molar-refractivity contribution in [2.24, 2.45) is 0 Å². The molecule has 239 valence electrons. The van der Waals surface area contributed by atoms with E-state index in [2.05, 4.69) is 149 Å². The zero-order valence-corrected chi connectivity index (χ0v) is 33.8. The molecule has 2 aliphatic carbocycles. The van der Waals surface area contributed by atoms with Crippen LogP contribution in [0.2, 0.25) is 0 Å². The maximum absolute atomic E-state index is 2.52. The normalized spacial score (nSPS) is 16.7. The van der Waals surface area contributed by atoms with Gasteiger partial charge in [0, 0.05) is 20.0 Å². The first-order chi connectivity index (χ1) is 21.9. The van der Waals surface area contributed by atoms with E-state index in [4.69, 9.17) is 0 Å². The van der Waals surface area contributed by atoms with E-state index in [-0.39, 0.29) is 40.2 Å². The summed E-state index contributed by atoms with van der Waals surface area (Å²) in [5, 5.41) is 0. The second-order valence-corrected chi connectivity index (χ2v) is 23.2. The molecule has 2 heterocycles. The summed E-state index contributed by atoms with van der Waals surface area (Å²) in [5.74, 6) is 0. The van der Waals surface area contributed by atoms with Crippen LogP contribution in [-0.4, -0.2) is 34.6 Å². The molecule has 0 radical (unpaired) electrons. The molecule has 0 saturated heterocycles. The fourth-order valence-corrected chi connectivity index (χ4v) is 18.5. The zero-order chi connectivity index (χ0) is 30.8. The average molecular weight is 762 g/mol. The van der Waals surface area contributed by atoms with Crippen LogP contribution in [0, 0.1) is 7.43 Å². The first-order valence-corrected chi connectivity index (χ1v) is 23.5. The van der Waals surface area contributed by atoms with Crippen molar-refractivity contribution in [1.82, 2.24) is 0 Å². The smallest absolute Gasteiger partial charge is 0.0461 e. The topological polar surface area (TPSA) is 0 Å². The molecule has 0 saturated carbocycles. The van der Waals surface area contributed by atoms with Gasteiger partial charge in [0.1, 0.15) is 0 Å². The first-order valence-electron chi connectivity index (χ1n) is 16.4. The summed E-state index contributed by atoms with van der Waals surface area (Å²) in [4.78, 5) is 0. The van der Waals surface area contributed by atoms with E-state index in [1.165, 1.54) is 33.2 Å². The van der Waals surface area contributed by atoms with E-state index in [1.807, 2.05) is 0 Å². The van der Waals surface area contributed by atoms with Gasteiger partial charge in [0.2, 0.25) is 0 Å². The number of hydrogen-bond acceptors (Lipinski definition) is 0. The maximum Gasteiger partial charge on any atom is 0.0461 e. The molecule has 2 aliphatic heterocycles. The first kappa shape index (κ1) is 36.9. The number of fused-ring (bicyclic) bond motifs is 2. The Balaban J connectivity index is 0.000000613. The van der Waals surface area contributed by atoms with E-state index < -0.39 is 21.8 Å². The molecule has 5 aromatic rings. The summed E-state index contributed by atoms with van der Waals surface area (Å²) >= 11 is -2.48. The SMILES string of the molecule is CC1=C2Bc3ccc(c2c3-c2ccccc2)[CH]1[Zr+2]([c]1ccccc1)[CH]1C(C)=C2Bc3ccc1c2c3-c1ccccc1.C[PH+](C)C.[CH3-].[Cl-].[Cl-]. The molecule has 2 atom stereocenters. The predicted molar refractivity (Wildman–Crippen MR) is 207 cm³/mol. The minimum Gasteiger partial charge on any atom is -1.00 e. The standard InChI is InChI=1S/2C16H12B.C6H5.C3H9P.CH3.2ClH.Zr/c2*1-10-9-12-7-8-13-14(15(12)16(10)17-13)11-5-3-2-4-6-11;1-2-4-6-5-3-1;1-4(2)3;;;;/h2*2-9,17H,1H3;1-5H;1-3H3;1H3;2*1H;/q;;;;-1;;;+2/p-1. The molecule has 4 aliphatic rings. The van der Waals surface area contributed by atoms with E-state index in [9.17, 15) is 0 Å². The maximum atomic E-state index is 2.52. The Morgan fingerprint density at radius 3 is 1.23 bits per heavy atom. The van der Waals surface area contributed by atoms with Gasteiger partial charge in [-0.15, -0.1) is 0 Å². The fourth-order valence-electron chi connectivity index (χ4n) is 8.60. The van der Waals surface area contributed by atoms with E-state index in [1.54, 1.807) is 47.6 Å². The minimum atomic E-state index is -2.48. The molecule has 5 aromatic carbocycles. The molecule has 0 N–H and O–H groups in total. The van der Waals surface area contributed by atoms with Crippen LogP contribution in [0.15, 0.2) is 126 Å². The molecule has 4 bridgehead atoms. The van der Waals surface area contributed by atoms with Crippen molar-refractivity contribution in [3.8, 4) is 22.3 Å². The summed E-state index contributed by atoms with van der Waals surface area (Å²) in [6, 6.07) is 44.0. The van der Waals surface area contributed by atoms with Crippen molar-refractivity contribution in [3.63, 3.8) is 0 Å². The van der Waals surface area contributed by atoms with Crippen LogP contribution in [0.1, 0.15) is 43.4 Å². The summed E-state index contributed by atoms with van der Waals surface area (Å²) in [6.07, 6.45) is 0. The third-order valence-electron chi connectivity index (χ3n) is 10.3. The summed E-state index contributed by atoms with van der Waals surface area (Å²) in [5.41, 5.74) is 21.8. The molecule has 0 nitrogen and oxygen atoms in total. The van der Waals surface area contributed by atoms with Gasteiger partial charge in [-0.1, -0.05) is 0 Å². The number of halogens is 2. The number of allylic oxidation sites excluding steroid dienone is 2. The second-order valence-electron chi connectivity index (χ2n) is 13.7. The van der Waals surface area contributed by atoms with Crippen LogP contribution in [0.4, 0.5) is 0 Å². The largest absolute Gasteiger partial charge is 1.00 e. The molecule has 2 unspecified atom stereocenters. The Bertz CT molecular complexity index is 1900. The molecule has 6 heteroatoms. The van der Waals surface area contributed by atoms with Crippen LogP contribution in [-0.2, 0) is 21.8 Å². The molecule has 0 fully saturated rings. The van der Waals surface area contributed by atoms with Crippen molar-refractivity contribution in [1.29, 1.82) is 0 Å². The van der Waals surface area contributed by atoms with Crippen LogP contribution in [0.3, 0.4) is 0 Å². The molecular weight excluding hydrogens is 719 g/mol. The quantitative estimate of drug-likeness (QED) is 0.146. The Kier molecular flexibility index (Phi) is 11.4. The Labute approximate surface area is 311 Å². The minimum absolute atomic E-state index is 0. The third kappa shape index (κ3) is 5.92. The van der Waals surface area contributed by atoms with Gasteiger partial charge in [-0.3, -0.25) is 0 Å². The summed E-state index contributed by atoms with van der Waals surface area (Å²) < 4.78 is 2.78. The van der Waals surface area contributed by atoms with Crippen LogP contribution >= 0.6 is 7.92 Å². The molecule has 0 amide bonds. The zero-order valence-electron chi connectivity index (χ0n) is 28.8. The monoisotopic (exact) mass is 759 g/mol. The van der Waals surface area contributed by atoms with Gasteiger partial charge in [0.05, 0.1) is 0 Å². The molecular formula is C42H42B2Cl2PZr. The van der Waals surface area contributed by atoms with Crippen LogP contribution in [0.5, 0.6) is 0 Å². The van der Waals surface area contributed by atoms with Gasteiger partial charge >= 0.3 is 253 Å². The second kappa shape index (κ2) is 14.8. The van der Waals surface area contributed by atoms with Gasteiger partial charge in [-0.05, 0) is 7.92 Å². The molecule has 0 aromatic heterocycles. The van der Waals surface area contributed by atoms with E-state index >= 15 is 0 Å². The molecule has 0 spiro atoms. The van der Waals surface area contributed by atoms with Gasteiger partial charge in [-0.2, -0.15) is 0 Å². The van der Waals surface area contributed by atoms with Crippen molar-refractivity contribution >= 4 is 47.6 Å². The Morgan fingerprint density at radius 2 is 0.854 bits per heavy atom. The third-order valence-corrected chi connectivity index (χ3v) is 19.5.